The number of rotatable bonds is 8. The smallest absolute Gasteiger partial charge is 0.340 e. The Bertz CT molecular complexity index is 1080. The third-order valence-electron chi connectivity index (χ3n) is 4.97. The number of H-pyrrole nitrogens is 1. The minimum absolute atomic E-state index is 0.0686. The quantitative estimate of drug-likeness (QED) is 0.431. The lowest BCUT2D eigenvalue weighted by molar-refractivity contribution is -0.141. The van der Waals surface area contributed by atoms with Crippen molar-refractivity contribution in [2.24, 2.45) is 0 Å². The molecular formula is C25H25NO5. The van der Waals surface area contributed by atoms with Crippen LogP contribution in [0.1, 0.15) is 44.6 Å². The third-order valence-corrected chi connectivity index (χ3v) is 4.97. The normalized spacial score (nSPS) is 10.5. The van der Waals surface area contributed by atoms with Gasteiger partial charge in [-0.15, -0.1) is 0 Å². The van der Waals surface area contributed by atoms with Crippen LogP contribution in [0.2, 0.25) is 0 Å². The minimum Gasteiger partial charge on any atom is -0.462 e. The van der Waals surface area contributed by atoms with Crippen molar-refractivity contribution in [3.8, 4) is 11.1 Å². The summed E-state index contributed by atoms with van der Waals surface area (Å²) < 4.78 is 10.2. The van der Waals surface area contributed by atoms with Crippen LogP contribution in [0.5, 0.6) is 0 Å². The second-order valence-electron chi connectivity index (χ2n) is 7.17. The largest absolute Gasteiger partial charge is 0.462 e. The molecule has 0 saturated carbocycles. The highest BCUT2D eigenvalue weighted by Crippen LogP contribution is 2.21. The number of aromatic amines is 1. The van der Waals surface area contributed by atoms with E-state index in [-0.39, 0.29) is 18.7 Å². The number of hydrogen-bond donors (Lipinski definition) is 1. The van der Waals surface area contributed by atoms with Gasteiger partial charge in [0.1, 0.15) is 0 Å². The van der Waals surface area contributed by atoms with Gasteiger partial charge in [0.25, 0.3) is 0 Å². The first-order valence-electron chi connectivity index (χ1n) is 10.1. The van der Waals surface area contributed by atoms with Crippen LogP contribution in [0.3, 0.4) is 0 Å². The van der Waals surface area contributed by atoms with E-state index in [1.54, 1.807) is 20.8 Å². The van der Waals surface area contributed by atoms with Crippen LogP contribution < -0.4 is 0 Å². The van der Waals surface area contributed by atoms with Crippen LogP contribution in [0.25, 0.3) is 11.1 Å². The number of hydrogen-bond acceptors (Lipinski definition) is 5. The summed E-state index contributed by atoms with van der Waals surface area (Å²) in [6, 6.07) is 17.6. The molecule has 6 heteroatoms. The van der Waals surface area contributed by atoms with Crippen LogP contribution >= 0.6 is 0 Å². The van der Waals surface area contributed by atoms with E-state index in [4.69, 9.17) is 9.47 Å². The SMILES string of the molecule is CCOC(=O)c1c(C)[nH]c(C(=O)COC(=O)Cc2ccc(-c3ccccc3)cc2)c1C. The van der Waals surface area contributed by atoms with E-state index in [0.717, 1.165) is 16.7 Å². The fourth-order valence-corrected chi connectivity index (χ4v) is 3.42. The molecular weight excluding hydrogens is 394 g/mol. The van der Waals surface area contributed by atoms with Gasteiger partial charge in [0, 0.05) is 5.69 Å². The Morgan fingerprint density at radius 1 is 0.871 bits per heavy atom. The van der Waals surface area contributed by atoms with Gasteiger partial charge in [-0.3, -0.25) is 9.59 Å². The lowest BCUT2D eigenvalue weighted by Gasteiger charge is -2.06. The van der Waals surface area contributed by atoms with Crippen LogP contribution in [0.15, 0.2) is 54.6 Å². The zero-order valence-electron chi connectivity index (χ0n) is 17.9. The zero-order chi connectivity index (χ0) is 22.4. The molecule has 0 fully saturated rings. The number of carbonyl (C=O) groups excluding carboxylic acids is 3. The van der Waals surface area contributed by atoms with Crippen molar-refractivity contribution < 1.29 is 23.9 Å². The molecule has 0 spiro atoms. The van der Waals surface area contributed by atoms with Crippen molar-refractivity contribution in [3.63, 3.8) is 0 Å². The molecule has 0 amide bonds. The number of carbonyl (C=O) groups is 3. The van der Waals surface area contributed by atoms with Crippen molar-refractivity contribution in [2.75, 3.05) is 13.2 Å². The molecule has 1 aromatic heterocycles. The summed E-state index contributed by atoms with van der Waals surface area (Å²) in [5, 5.41) is 0. The summed E-state index contributed by atoms with van der Waals surface area (Å²) in [5.41, 5.74) is 4.59. The highest BCUT2D eigenvalue weighted by atomic mass is 16.5. The molecule has 0 radical (unpaired) electrons. The summed E-state index contributed by atoms with van der Waals surface area (Å²) in [5.74, 6) is -1.37. The molecule has 0 atom stereocenters. The van der Waals surface area contributed by atoms with E-state index in [1.165, 1.54) is 0 Å². The second-order valence-corrected chi connectivity index (χ2v) is 7.17. The molecule has 31 heavy (non-hydrogen) atoms. The van der Waals surface area contributed by atoms with Gasteiger partial charge in [-0.1, -0.05) is 54.6 Å². The Morgan fingerprint density at radius 3 is 2.16 bits per heavy atom. The Kier molecular flexibility index (Phi) is 7.03. The fraction of sp³-hybridized carbons (Fsp3) is 0.240. The Hall–Kier alpha value is -3.67. The Labute approximate surface area is 181 Å². The average molecular weight is 419 g/mol. The molecule has 1 N–H and O–H groups in total. The molecule has 160 valence electrons. The highest BCUT2D eigenvalue weighted by Gasteiger charge is 2.23. The molecule has 3 rings (SSSR count). The first-order chi connectivity index (χ1) is 14.9. The number of ether oxygens (including phenoxy) is 2. The topological polar surface area (TPSA) is 85.5 Å². The molecule has 0 aliphatic heterocycles. The molecule has 0 unspecified atom stereocenters. The predicted molar refractivity (Wildman–Crippen MR) is 117 cm³/mol. The molecule has 3 aromatic rings. The van der Waals surface area contributed by atoms with E-state index in [9.17, 15) is 14.4 Å². The Balaban J connectivity index is 1.58. The lowest BCUT2D eigenvalue weighted by Crippen LogP contribution is -2.17. The van der Waals surface area contributed by atoms with Gasteiger partial charge in [0.2, 0.25) is 5.78 Å². The van der Waals surface area contributed by atoms with Gasteiger partial charge in [-0.05, 0) is 43.0 Å². The van der Waals surface area contributed by atoms with Crippen molar-refractivity contribution in [1.82, 2.24) is 4.98 Å². The van der Waals surface area contributed by atoms with Crippen LogP contribution in [0, 0.1) is 13.8 Å². The summed E-state index contributed by atoms with van der Waals surface area (Å²) >= 11 is 0. The Morgan fingerprint density at radius 2 is 1.52 bits per heavy atom. The predicted octanol–water partition coefficient (Wildman–Crippen LogP) is 4.44. The maximum atomic E-state index is 12.5. The third kappa shape index (κ3) is 5.28. The van der Waals surface area contributed by atoms with Crippen molar-refractivity contribution in [3.05, 3.63) is 82.7 Å². The number of aromatic nitrogens is 1. The van der Waals surface area contributed by atoms with Gasteiger partial charge in [-0.25, -0.2) is 4.79 Å². The summed E-state index contributed by atoms with van der Waals surface area (Å²) in [7, 11) is 0. The highest BCUT2D eigenvalue weighted by molar-refractivity contribution is 6.02. The van der Waals surface area contributed by atoms with Gasteiger partial charge >= 0.3 is 11.9 Å². The molecule has 0 aliphatic rings. The van der Waals surface area contributed by atoms with E-state index >= 15 is 0 Å². The zero-order valence-corrected chi connectivity index (χ0v) is 17.9. The first kappa shape index (κ1) is 22.0. The minimum atomic E-state index is -0.493. The van der Waals surface area contributed by atoms with Crippen molar-refractivity contribution >= 4 is 17.7 Å². The van der Waals surface area contributed by atoms with Crippen molar-refractivity contribution in [2.45, 2.75) is 27.2 Å². The molecule has 1 heterocycles. The number of aryl methyl sites for hydroxylation is 1. The van der Waals surface area contributed by atoms with E-state index in [0.29, 0.717) is 16.8 Å². The number of Topliss-reactive ketones (excluding diaryl/α,β-unsaturated/α-hetero) is 1. The van der Waals surface area contributed by atoms with Gasteiger partial charge in [0.05, 0.1) is 24.3 Å². The van der Waals surface area contributed by atoms with Gasteiger partial charge in [0.15, 0.2) is 6.61 Å². The summed E-state index contributed by atoms with van der Waals surface area (Å²) in [6.07, 6.45) is 0.0686. The van der Waals surface area contributed by atoms with E-state index in [2.05, 4.69) is 4.98 Å². The van der Waals surface area contributed by atoms with Crippen LogP contribution in [-0.4, -0.2) is 35.9 Å². The van der Waals surface area contributed by atoms with E-state index < -0.39 is 24.3 Å². The molecule has 6 nitrogen and oxygen atoms in total. The monoisotopic (exact) mass is 419 g/mol. The molecule has 0 bridgehead atoms. The maximum Gasteiger partial charge on any atom is 0.340 e. The van der Waals surface area contributed by atoms with Crippen LogP contribution in [0.4, 0.5) is 0 Å². The lowest BCUT2D eigenvalue weighted by atomic mass is 10.0. The standard InChI is InChI=1S/C25H25NO5/c1-4-30-25(29)23-16(2)24(26-17(23)3)21(27)15-31-22(28)14-18-10-12-20(13-11-18)19-8-6-5-7-9-19/h5-13,26H,4,14-15H2,1-3H3. The molecule has 0 aliphatic carbocycles. The number of nitrogens with one attached hydrogen (secondary N) is 1. The first-order valence-corrected chi connectivity index (χ1v) is 10.1. The number of esters is 2. The van der Waals surface area contributed by atoms with Gasteiger partial charge < -0.3 is 14.5 Å². The van der Waals surface area contributed by atoms with E-state index in [1.807, 2.05) is 54.6 Å². The van der Waals surface area contributed by atoms with Crippen molar-refractivity contribution in [1.29, 1.82) is 0 Å². The average Bonchev–Trinajstić information content (AvgIpc) is 3.07. The molecule has 2 aromatic carbocycles. The number of benzene rings is 2. The number of ketones is 1. The summed E-state index contributed by atoms with van der Waals surface area (Å²) in [6.45, 7) is 4.93. The molecule has 0 saturated heterocycles. The van der Waals surface area contributed by atoms with Gasteiger partial charge in [-0.2, -0.15) is 0 Å². The second kappa shape index (κ2) is 9.89. The summed E-state index contributed by atoms with van der Waals surface area (Å²) in [4.78, 5) is 39.7. The fourth-order valence-electron chi connectivity index (χ4n) is 3.42. The maximum absolute atomic E-state index is 12.5. The van der Waals surface area contributed by atoms with Crippen LogP contribution in [-0.2, 0) is 20.7 Å².